The zero-order valence-electron chi connectivity index (χ0n) is 18.5. The topological polar surface area (TPSA) is 109 Å². The number of nitrogens with zero attached hydrogens (tertiary/aromatic N) is 1. The molecule has 0 radical (unpaired) electrons. The molecule has 0 aliphatic carbocycles. The summed E-state index contributed by atoms with van der Waals surface area (Å²) in [6.45, 7) is 6.42. The van der Waals surface area contributed by atoms with E-state index in [1.54, 1.807) is 13.2 Å². The maximum atomic E-state index is 10.5. The van der Waals surface area contributed by atoms with Crippen LogP contribution in [-0.2, 0) is 16.1 Å². The van der Waals surface area contributed by atoms with Crippen LogP contribution in [0.2, 0.25) is 5.02 Å². The van der Waals surface area contributed by atoms with E-state index < -0.39 is 5.60 Å². The Hall–Kier alpha value is -1.58. The fourth-order valence-electron chi connectivity index (χ4n) is 4.27. The Kier molecular flexibility index (Phi) is 9.39. The fourth-order valence-corrected chi connectivity index (χ4v) is 4.50. The van der Waals surface area contributed by atoms with Crippen LogP contribution in [0.3, 0.4) is 0 Å². The van der Waals surface area contributed by atoms with E-state index in [0.29, 0.717) is 36.8 Å². The first kappa shape index (κ1) is 25.7. The molecule has 0 amide bonds. The summed E-state index contributed by atoms with van der Waals surface area (Å²) in [6, 6.07) is 3.72. The monoisotopic (exact) mass is 459 g/mol. The summed E-state index contributed by atoms with van der Waals surface area (Å²) in [5.41, 5.74) is -0.348. The number of carboxylic acid groups (broad SMARTS) is 1. The molecule has 2 heterocycles. The Labute approximate surface area is 188 Å². The number of likely N-dealkylation sites (tertiary alicyclic amines) is 1. The highest BCUT2D eigenvalue weighted by Crippen LogP contribution is 2.41. The second-order valence-corrected chi connectivity index (χ2v) is 8.92. The van der Waals surface area contributed by atoms with Crippen molar-refractivity contribution in [2.75, 3.05) is 33.4 Å². The molecular weight excluding hydrogens is 426 g/mol. The van der Waals surface area contributed by atoms with Crippen molar-refractivity contribution in [3.63, 3.8) is 0 Å². The van der Waals surface area contributed by atoms with Crippen LogP contribution < -0.4 is 9.47 Å². The van der Waals surface area contributed by atoms with Crippen molar-refractivity contribution in [3.8, 4) is 11.5 Å². The van der Waals surface area contributed by atoms with Gasteiger partial charge in [-0.15, -0.1) is 0 Å². The first-order chi connectivity index (χ1) is 14.7. The van der Waals surface area contributed by atoms with Gasteiger partial charge in [0.15, 0.2) is 11.5 Å². The third-order valence-electron chi connectivity index (χ3n) is 5.75. The predicted octanol–water partition coefficient (Wildman–Crippen LogP) is 2.71. The minimum Gasteiger partial charge on any atom is -0.493 e. The summed E-state index contributed by atoms with van der Waals surface area (Å²) in [5, 5.41) is 27.6. The number of benzene rings is 1. The third kappa shape index (κ3) is 6.95. The quantitative estimate of drug-likeness (QED) is 0.557. The summed E-state index contributed by atoms with van der Waals surface area (Å²) >= 11 is 6.29. The number of piperidine rings is 1. The summed E-state index contributed by atoms with van der Waals surface area (Å²) in [6.07, 6.45) is 2.68. The molecule has 3 N–H and O–H groups in total. The van der Waals surface area contributed by atoms with Gasteiger partial charge in [-0.2, -0.15) is 0 Å². The van der Waals surface area contributed by atoms with Crippen molar-refractivity contribution in [3.05, 3.63) is 22.7 Å². The highest BCUT2D eigenvalue weighted by atomic mass is 35.5. The molecule has 3 rings (SSSR count). The number of hydrogen-bond donors (Lipinski definition) is 3. The van der Waals surface area contributed by atoms with Gasteiger partial charge in [0.25, 0.3) is 6.47 Å². The average Bonchev–Trinajstić information content (AvgIpc) is 2.72. The smallest absolute Gasteiger partial charge is 0.290 e. The lowest BCUT2D eigenvalue weighted by atomic mass is 9.77. The van der Waals surface area contributed by atoms with Crippen molar-refractivity contribution in [1.29, 1.82) is 0 Å². The zero-order chi connectivity index (χ0) is 23.1. The van der Waals surface area contributed by atoms with Gasteiger partial charge in [-0.1, -0.05) is 11.6 Å². The Morgan fingerprint density at radius 1 is 1.29 bits per heavy atom. The van der Waals surface area contributed by atoms with Gasteiger partial charge in [0, 0.05) is 49.1 Å². The SMILES string of the molecule is COc1cc(Cl)cc(CN2CCC3(CC2)CC(O)(CO)CCO3)c1OC(C)C.O=CO. The maximum Gasteiger partial charge on any atom is 0.290 e. The number of aliphatic hydroxyl groups excluding tert-OH is 1. The molecule has 176 valence electrons. The summed E-state index contributed by atoms with van der Waals surface area (Å²) < 4.78 is 17.6. The van der Waals surface area contributed by atoms with Crippen molar-refractivity contribution in [1.82, 2.24) is 4.90 Å². The van der Waals surface area contributed by atoms with E-state index in [1.807, 2.05) is 19.9 Å². The van der Waals surface area contributed by atoms with Crippen LogP contribution in [0, 0.1) is 0 Å². The molecular formula is C22H34ClNO7. The normalized spacial score (nSPS) is 23.2. The molecule has 2 aliphatic heterocycles. The molecule has 1 aromatic rings. The fraction of sp³-hybridized carbons (Fsp3) is 0.682. The van der Waals surface area contributed by atoms with Gasteiger partial charge in [-0.3, -0.25) is 9.69 Å². The molecule has 0 aromatic heterocycles. The van der Waals surface area contributed by atoms with E-state index in [9.17, 15) is 10.2 Å². The van der Waals surface area contributed by atoms with E-state index in [4.69, 9.17) is 35.7 Å². The van der Waals surface area contributed by atoms with Crippen molar-refractivity contribution < 1.29 is 34.3 Å². The molecule has 1 spiro atoms. The largest absolute Gasteiger partial charge is 0.493 e. The minimum absolute atomic E-state index is 0.0326. The van der Waals surface area contributed by atoms with Crippen LogP contribution in [0.4, 0.5) is 0 Å². The standard InChI is InChI=1S/C21H32ClNO5.CH2O2/c1-15(2)28-19-16(10-17(22)11-18(19)26-3)12-23-7-4-21(5-8-23)13-20(25,14-24)6-9-27-21;2-1-3/h10-11,15,24-25H,4-9,12-14H2,1-3H3;1H,(H,2,3). The van der Waals surface area contributed by atoms with Crippen LogP contribution in [-0.4, -0.2) is 77.4 Å². The summed E-state index contributed by atoms with van der Waals surface area (Å²) in [4.78, 5) is 10.7. The number of methoxy groups -OCH3 is 1. The molecule has 1 unspecified atom stereocenters. The van der Waals surface area contributed by atoms with Gasteiger partial charge in [0.2, 0.25) is 0 Å². The van der Waals surface area contributed by atoms with Gasteiger partial charge in [0.1, 0.15) is 0 Å². The van der Waals surface area contributed by atoms with E-state index in [1.165, 1.54) is 0 Å². The Balaban J connectivity index is 0.00000107. The highest BCUT2D eigenvalue weighted by molar-refractivity contribution is 6.30. The first-order valence-corrected chi connectivity index (χ1v) is 10.9. The Morgan fingerprint density at radius 3 is 2.48 bits per heavy atom. The molecule has 8 nitrogen and oxygen atoms in total. The molecule has 1 aromatic carbocycles. The molecule has 2 aliphatic rings. The van der Waals surface area contributed by atoms with Gasteiger partial charge in [-0.25, -0.2) is 0 Å². The predicted molar refractivity (Wildman–Crippen MR) is 117 cm³/mol. The van der Waals surface area contributed by atoms with E-state index in [2.05, 4.69) is 4.90 Å². The first-order valence-electron chi connectivity index (χ1n) is 10.5. The van der Waals surface area contributed by atoms with Gasteiger partial charge >= 0.3 is 0 Å². The number of aliphatic hydroxyl groups is 2. The number of ether oxygens (including phenoxy) is 3. The van der Waals surface area contributed by atoms with Crippen LogP contribution >= 0.6 is 11.6 Å². The molecule has 0 bridgehead atoms. The van der Waals surface area contributed by atoms with Gasteiger partial charge < -0.3 is 29.5 Å². The molecule has 2 fully saturated rings. The number of hydrogen-bond acceptors (Lipinski definition) is 7. The van der Waals surface area contributed by atoms with Crippen LogP contribution in [0.15, 0.2) is 12.1 Å². The molecule has 31 heavy (non-hydrogen) atoms. The lowest BCUT2D eigenvalue weighted by Gasteiger charge is -2.48. The Morgan fingerprint density at radius 2 is 1.94 bits per heavy atom. The van der Waals surface area contributed by atoms with Crippen molar-refractivity contribution in [2.24, 2.45) is 0 Å². The lowest BCUT2D eigenvalue weighted by Crippen LogP contribution is -2.55. The summed E-state index contributed by atoms with van der Waals surface area (Å²) in [7, 11) is 1.62. The summed E-state index contributed by atoms with van der Waals surface area (Å²) in [5.74, 6) is 1.39. The molecule has 0 saturated carbocycles. The molecule has 9 heteroatoms. The maximum absolute atomic E-state index is 10.5. The molecule has 1 atom stereocenters. The van der Waals surface area contributed by atoms with Gasteiger partial charge in [0.05, 0.1) is 37.6 Å². The highest BCUT2D eigenvalue weighted by Gasteiger charge is 2.46. The van der Waals surface area contributed by atoms with Crippen molar-refractivity contribution in [2.45, 2.75) is 63.4 Å². The van der Waals surface area contributed by atoms with Crippen molar-refractivity contribution >= 4 is 18.1 Å². The van der Waals surface area contributed by atoms with Crippen LogP contribution in [0.25, 0.3) is 0 Å². The second kappa shape index (κ2) is 11.3. The zero-order valence-corrected chi connectivity index (χ0v) is 19.2. The number of halogens is 1. The third-order valence-corrected chi connectivity index (χ3v) is 5.97. The van der Waals surface area contributed by atoms with E-state index in [0.717, 1.165) is 37.2 Å². The average molecular weight is 460 g/mol. The second-order valence-electron chi connectivity index (χ2n) is 8.49. The number of rotatable bonds is 6. The van der Waals surface area contributed by atoms with E-state index in [-0.39, 0.29) is 24.8 Å². The molecule has 2 saturated heterocycles. The van der Waals surface area contributed by atoms with Gasteiger partial charge in [-0.05, 0) is 32.8 Å². The van der Waals surface area contributed by atoms with E-state index >= 15 is 0 Å². The Bertz CT molecular complexity index is 722. The lowest BCUT2D eigenvalue weighted by molar-refractivity contribution is -0.189. The van der Waals surface area contributed by atoms with Crippen LogP contribution in [0.1, 0.15) is 45.1 Å². The minimum atomic E-state index is -1.01. The number of carbonyl (C=O) groups is 1. The van der Waals surface area contributed by atoms with Crippen LogP contribution in [0.5, 0.6) is 11.5 Å².